The Balaban J connectivity index is 2.24. The Kier molecular flexibility index (Phi) is 10.4. The predicted molar refractivity (Wildman–Crippen MR) is 145 cm³/mol. The number of hydrogen-bond donors (Lipinski definition) is 2. The molecule has 9 nitrogen and oxygen atoms in total. The Morgan fingerprint density at radius 3 is 2.14 bits per heavy atom. The number of esters is 1. The van der Waals surface area contributed by atoms with E-state index in [9.17, 15) is 19.2 Å². The van der Waals surface area contributed by atoms with Gasteiger partial charge in [0.1, 0.15) is 17.1 Å². The van der Waals surface area contributed by atoms with Crippen LogP contribution in [0.5, 0.6) is 0 Å². The van der Waals surface area contributed by atoms with Crippen LogP contribution in [0.25, 0.3) is 0 Å². The van der Waals surface area contributed by atoms with E-state index >= 15 is 0 Å². The van der Waals surface area contributed by atoms with Crippen molar-refractivity contribution in [1.82, 2.24) is 9.13 Å². The van der Waals surface area contributed by atoms with Gasteiger partial charge in [-0.3, -0.25) is 23.5 Å². The van der Waals surface area contributed by atoms with Gasteiger partial charge in [-0.1, -0.05) is 32.9 Å². The quantitative estimate of drug-likeness (QED) is 0.340. The molecule has 2 rings (SSSR count). The van der Waals surface area contributed by atoms with Crippen molar-refractivity contribution >= 4 is 35.1 Å². The van der Waals surface area contributed by atoms with Crippen molar-refractivity contribution in [3.05, 3.63) is 50.7 Å². The summed E-state index contributed by atoms with van der Waals surface area (Å²) in [6, 6.07) is 7.37. The van der Waals surface area contributed by atoms with Gasteiger partial charge in [-0.25, -0.2) is 4.79 Å². The van der Waals surface area contributed by atoms with Gasteiger partial charge in [-0.15, -0.1) is 11.8 Å². The zero-order valence-electron chi connectivity index (χ0n) is 22.1. The van der Waals surface area contributed by atoms with E-state index in [1.165, 1.54) is 16.3 Å². The molecule has 0 saturated heterocycles. The number of aromatic nitrogens is 2. The van der Waals surface area contributed by atoms with Gasteiger partial charge in [-0.05, 0) is 57.7 Å². The number of nitrogens with one attached hydrogen (secondary N) is 1. The number of carbonyl (C=O) groups excluding carboxylic acids is 2. The highest BCUT2D eigenvalue weighted by Crippen LogP contribution is 2.26. The van der Waals surface area contributed by atoms with Crippen molar-refractivity contribution in [3.63, 3.8) is 0 Å². The molecule has 0 spiro atoms. The third-order valence-corrected chi connectivity index (χ3v) is 6.38. The molecular formula is C26H38N4O5S. The maximum atomic E-state index is 13.2. The van der Waals surface area contributed by atoms with Gasteiger partial charge in [0.15, 0.2) is 0 Å². The van der Waals surface area contributed by atoms with Crippen LogP contribution in [-0.2, 0) is 27.4 Å². The molecule has 0 saturated carbocycles. The van der Waals surface area contributed by atoms with E-state index < -0.39 is 22.8 Å². The highest BCUT2D eigenvalue weighted by molar-refractivity contribution is 8.00. The summed E-state index contributed by atoms with van der Waals surface area (Å²) >= 11 is 1.36. The monoisotopic (exact) mass is 518 g/mol. The van der Waals surface area contributed by atoms with Crippen LogP contribution in [0.4, 0.5) is 11.5 Å². The van der Waals surface area contributed by atoms with E-state index in [1.807, 2.05) is 65.8 Å². The molecule has 0 fully saturated rings. The number of thioether (sulfide) groups is 1. The van der Waals surface area contributed by atoms with Crippen molar-refractivity contribution in [2.75, 3.05) is 16.8 Å². The van der Waals surface area contributed by atoms with Gasteiger partial charge in [0.2, 0.25) is 5.91 Å². The van der Waals surface area contributed by atoms with Gasteiger partial charge < -0.3 is 15.8 Å². The highest BCUT2D eigenvalue weighted by atomic mass is 32.2. The first-order chi connectivity index (χ1) is 16.9. The molecule has 1 heterocycles. The minimum atomic E-state index is -0.594. The number of carbonyl (C=O) groups is 2. The topological polar surface area (TPSA) is 125 Å². The first kappa shape index (κ1) is 29.2. The van der Waals surface area contributed by atoms with Crippen molar-refractivity contribution < 1.29 is 14.3 Å². The largest absolute Gasteiger partial charge is 0.459 e. The summed E-state index contributed by atoms with van der Waals surface area (Å²) < 4.78 is 7.79. The lowest BCUT2D eigenvalue weighted by atomic mass is 9.95. The van der Waals surface area contributed by atoms with E-state index in [0.29, 0.717) is 25.8 Å². The standard InChI is InChI=1S/C26H38N4O5S/c1-7-14-29-22(27)21(24(33)30(15-8-2)25(29)34)28-23(32)19(9-3)17-10-12-18(13-11-17)36-16-20(31)35-26(4,5)6/h10-13,19H,7-9,14-16,27H2,1-6H3,(H,28,32). The van der Waals surface area contributed by atoms with Gasteiger partial charge in [0.05, 0.1) is 11.7 Å². The third kappa shape index (κ3) is 7.49. The highest BCUT2D eigenvalue weighted by Gasteiger charge is 2.24. The van der Waals surface area contributed by atoms with Gasteiger partial charge in [0.25, 0.3) is 5.56 Å². The van der Waals surface area contributed by atoms with Crippen molar-refractivity contribution in [1.29, 1.82) is 0 Å². The lowest BCUT2D eigenvalue weighted by molar-refractivity contribution is -0.151. The summed E-state index contributed by atoms with van der Waals surface area (Å²) in [7, 11) is 0. The van der Waals surface area contributed by atoms with Gasteiger partial charge in [-0.2, -0.15) is 0 Å². The fraction of sp³-hybridized carbons (Fsp3) is 0.538. The number of nitrogens with two attached hydrogens (primary N) is 1. The van der Waals surface area contributed by atoms with Crippen molar-refractivity contribution in [2.45, 2.75) is 90.3 Å². The second-order valence-corrected chi connectivity index (χ2v) is 10.6. The smallest absolute Gasteiger partial charge is 0.332 e. The van der Waals surface area contributed by atoms with Crippen LogP contribution < -0.4 is 22.3 Å². The summed E-state index contributed by atoms with van der Waals surface area (Å²) in [6.07, 6.45) is 1.74. The number of amides is 1. The minimum absolute atomic E-state index is 0.0312. The van der Waals surface area contributed by atoms with E-state index in [1.54, 1.807) is 0 Å². The fourth-order valence-electron chi connectivity index (χ4n) is 3.79. The molecule has 1 aromatic carbocycles. The number of hydrogen-bond acceptors (Lipinski definition) is 7. The van der Waals surface area contributed by atoms with Crippen LogP contribution in [0.15, 0.2) is 38.8 Å². The Bertz CT molecular complexity index is 1180. The number of benzene rings is 1. The van der Waals surface area contributed by atoms with Crippen LogP contribution >= 0.6 is 11.8 Å². The van der Waals surface area contributed by atoms with E-state index in [0.717, 1.165) is 15.0 Å². The summed E-state index contributed by atoms with van der Waals surface area (Å²) in [4.78, 5) is 51.8. The van der Waals surface area contributed by atoms with Crippen LogP contribution in [0, 0.1) is 0 Å². The molecule has 1 amide bonds. The van der Waals surface area contributed by atoms with Crippen LogP contribution in [0.2, 0.25) is 0 Å². The number of rotatable bonds is 11. The first-order valence-electron chi connectivity index (χ1n) is 12.3. The molecule has 10 heteroatoms. The fourth-order valence-corrected chi connectivity index (χ4v) is 4.46. The zero-order chi connectivity index (χ0) is 27.0. The summed E-state index contributed by atoms with van der Waals surface area (Å²) in [5.41, 5.74) is 5.29. The van der Waals surface area contributed by atoms with Gasteiger partial charge in [0, 0.05) is 18.0 Å². The number of anilines is 2. The Morgan fingerprint density at radius 2 is 1.61 bits per heavy atom. The number of nitrogen functional groups attached to an aromatic ring is 1. The second kappa shape index (κ2) is 12.8. The molecule has 0 aliphatic heterocycles. The van der Waals surface area contributed by atoms with Crippen LogP contribution in [0.3, 0.4) is 0 Å². The van der Waals surface area contributed by atoms with Gasteiger partial charge >= 0.3 is 11.7 Å². The Labute approximate surface area is 216 Å². The average molecular weight is 519 g/mol. The first-order valence-corrected chi connectivity index (χ1v) is 13.3. The number of nitrogens with zero attached hydrogens (tertiary/aromatic N) is 2. The zero-order valence-corrected chi connectivity index (χ0v) is 22.9. The Morgan fingerprint density at radius 1 is 1.03 bits per heavy atom. The normalized spacial score (nSPS) is 12.3. The van der Waals surface area contributed by atoms with Crippen LogP contribution in [-0.4, -0.2) is 32.4 Å². The molecule has 0 radical (unpaired) electrons. The molecule has 1 aromatic heterocycles. The van der Waals surface area contributed by atoms with Crippen molar-refractivity contribution in [2.24, 2.45) is 0 Å². The molecule has 198 valence electrons. The third-order valence-electron chi connectivity index (χ3n) is 5.39. The molecule has 1 atom stereocenters. The molecule has 3 N–H and O–H groups in total. The summed E-state index contributed by atoms with van der Waals surface area (Å²) in [5, 5.41) is 2.71. The predicted octanol–water partition coefficient (Wildman–Crippen LogP) is 3.98. The van der Waals surface area contributed by atoms with E-state index in [-0.39, 0.29) is 35.7 Å². The molecule has 36 heavy (non-hydrogen) atoms. The minimum Gasteiger partial charge on any atom is -0.459 e. The molecule has 0 aliphatic carbocycles. The second-order valence-electron chi connectivity index (χ2n) is 9.55. The van der Waals surface area contributed by atoms with E-state index in [4.69, 9.17) is 10.5 Å². The maximum absolute atomic E-state index is 13.2. The number of ether oxygens (including phenoxy) is 1. The average Bonchev–Trinajstić information content (AvgIpc) is 2.81. The lowest BCUT2D eigenvalue weighted by Crippen LogP contribution is -2.43. The molecule has 1 unspecified atom stereocenters. The molecule has 2 aromatic rings. The summed E-state index contributed by atoms with van der Waals surface area (Å²) in [6.45, 7) is 11.7. The van der Waals surface area contributed by atoms with Crippen LogP contribution in [0.1, 0.15) is 72.3 Å². The molecule has 0 aliphatic rings. The maximum Gasteiger partial charge on any atom is 0.332 e. The van der Waals surface area contributed by atoms with E-state index in [2.05, 4.69) is 5.32 Å². The Hall–Kier alpha value is -3.01. The lowest BCUT2D eigenvalue weighted by Gasteiger charge is -2.20. The SMILES string of the molecule is CCCn1c(N)c(NC(=O)C(CC)c2ccc(SCC(=O)OC(C)(C)C)cc2)c(=O)n(CCC)c1=O. The molecule has 0 bridgehead atoms. The van der Waals surface area contributed by atoms with Crippen molar-refractivity contribution in [3.8, 4) is 0 Å². The summed E-state index contributed by atoms with van der Waals surface area (Å²) in [5.74, 6) is -1.04. The molecular weight excluding hydrogens is 480 g/mol.